The van der Waals surface area contributed by atoms with E-state index in [-0.39, 0.29) is 5.54 Å². The number of aryl methyl sites for hydroxylation is 1. The lowest BCUT2D eigenvalue weighted by Crippen LogP contribution is -2.57. The van der Waals surface area contributed by atoms with Crippen LogP contribution in [0.1, 0.15) is 33.9 Å². The third-order valence-corrected chi connectivity index (χ3v) is 6.21. The van der Waals surface area contributed by atoms with Gasteiger partial charge in [0.2, 0.25) is 0 Å². The number of rotatable bonds is 3. The normalized spacial score (nSPS) is 14.2. The van der Waals surface area contributed by atoms with Gasteiger partial charge in [-0.2, -0.15) is 4.57 Å². The summed E-state index contributed by atoms with van der Waals surface area (Å²) in [5.74, 6) is 1.23. The highest BCUT2D eigenvalue weighted by Crippen LogP contribution is 2.38. The van der Waals surface area contributed by atoms with E-state index in [0.717, 1.165) is 0 Å². The Labute approximate surface area is 172 Å². The highest BCUT2D eigenvalue weighted by atomic mass is 15.2. The minimum atomic E-state index is -0.347. The summed E-state index contributed by atoms with van der Waals surface area (Å²) in [5.41, 5.74) is 7.25. The number of para-hydroxylation sites is 1. The van der Waals surface area contributed by atoms with Crippen molar-refractivity contribution >= 4 is 6.08 Å². The van der Waals surface area contributed by atoms with E-state index in [0.29, 0.717) is 0 Å². The lowest BCUT2D eigenvalue weighted by molar-refractivity contribution is -0.734. The third-order valence-electron chi connectivity index (χ3n) is 6.21. The van der Waals surface area contributed by atoms with E-state index in [1.807, 2.05) is 0 Å². The molecule has 0 radical (unpaired) electrons. The second-order valence-electron chi connectivity index (χ2n) is 7.81. The Morgan fingerprint density at radius 1 is 0.690 bits per heavy atom. The van der Waals surface area contributed by atoms with Crippen LogP contribution in [0.3, 0.4) is 0 Å². The number of benzene rings is 3. The molecule has 1 aromatic heterocycles. The van der Waals surface area contributed by atoms with Crippen molar-refractivity contribution in [1.29, 1.82) is 0 Å². The van der Waals surface area contributed by atoms with Gasteiger partial charge in [0.1, 0.15) is 5.69 Å². The van der Waals surface area contributed by atoms with Gasteiger partial charge in [-0.15, -0.1) is 0 Å². The van der Waals surface area contributed by atoms with Crippen molar-refractivity contribution < 1.29 is 4.57 Å². The molecule has 2 heterocycles. The Balaban J connectivity index is 1.85. The number of hydrogen-bond acceptors (Lipinski definition) is 0. The lowest BCUT2D eigenvalue weighted by Gasteiger charge is -2.28. The number of imidazole rings is 1. The molecule has 0 saturated heterocycles. The van der Waals surface area contributed by atoms with E-state index in [1.165, 1.54) is 39.6 Å². The molecular formula is C27H25N2+. The summed E-state index contributed by atoms with van der Waals surface area (Å²) in [4.78, 5) is 0. The van der Waals surface area contributed by atoms with Gasteiger partial charge in [0.05, 0.1) is 0 Å². The van der Waals surface area contributed by atoms with Gasteiger partial charge in [0.25, 0.3) is 5.82 Å². The van der Waals surface area contributed by atoms with Crippen LogP contribution in [-0.2, 0) is 5.54 Å². The van der Waals surface area contributed by atoms with Gasteiger partial charge >= 0.3 is 0 Å². The molecule has 0 spiro atoms. The Kier molecular flexibility index (Phi) is 4.02. The molecule has 2 heteroatoms. The van der Waals surface area contributed by atoms with Crippen LogP contribution >= 0.6 is 0 Å². The molecule has 1 aliphatic heterocycles. The van der Waals surface area contributed by atoms with Crippen LogP contribution in [0.2, 0.25) is 0 Å². The molecule has 29 heavy (non-hydrogen) atoms. The SMILES string of the molecule is Cc1ccccc1-n1c(C)c2[n+](c1C)C(c1ccccc1)(c1ccccc1)C=C2. The monoisotopic (exact) mass is 377 g/mol. The van der Waals surface area contributed by atoms with Gasteiger partial charge in [-0.3, -0.25) is 0 Å². The zero-order valence-corrected chi connectivity index (χ0v) is 17.1. The zero-order valence-electron chi connectivity index (χ0n) is 17.1. The Hall–Kier alpha value is -3.39. The first-order valence-corrected chi connectivity index (χ1v) is 10.2. The number of aromatic nitrogens is 2. The maximum absolute atomic E-state index is 2.50. The predicted octanol–water partition coefficient (Wildman–Crippen LogP) is 5.51. The highest BCUT2D eigenvalue weighted by molar-refractivity contribution is 5.58. The molecule has 0 bridgehead atoms. The number of nitrogens with zero attached hydrogens (tertiary/aromatic N) is 2. The van der Waals surface area contributed by atoms with E-state index in [2.05, 4.69) is 127 Å². The second-order valence-corrected chi connectivity index (χ2v) is 7.81. The van der Waals surface area contributed by atoms with E-state index >= 15 is 0 Å². The molecule has 0 N–H and O–H groups in total. The summed E-state index contributed by atoms with van der Waals surface area (Å²) in [5, 5.41) is 0. The molecule has 0 amide bonds. The molecule has 0 fully saturated rings. The molecule has 0 aliphatic carbocycles. The van der Waals surface area contributed by atoms with Gasteiger partial charge in [-0.25, -0.2) is 4.57 Å². The Morgan fingerprint density at radius 3 is 1.83 bits per heavy atom. The summed E-state index contributed by atoms with van der Waals surface area (Å²) in [6.45, 7) is 6.64. The van der Waals surface area contributed by atoms with Gasteiger partial charge in [0, 0.05) is 25.0 Å². The lowest BCUT2D eigenvalue weighted by atomic mass is 9.83. The maximum Gasteiger partial charge on any atom is 0.260 e. The summed E-state index contributed by atoms with van der Waals surface area (Å²) < 4.78 is 4.90. The molecular weight excluding hydrogens is 352 g/mol. The minimum Gasteiger partial charge on any atom is -0.210 e. The van der Waals surface area contributed by atoms with Crippen molar-refractivity contribution in [2.45, 2.75) is 26.3 Å². The number of fused-ring (bicyclic) bond motifs is 1. The van der Waals surface area contributed by atoms with Crippen molar-refractivity contribution in [3.8, 4) is 5.69 Å². The number of hydrogen-bond donors (Lipinski definition) is 0. The fourth-order valence-electron chi connectivity index (χ4n) is 4.88. The van der Waals surface area contributed by atoms with Crippen molar-refractivity contribution in [2.24, 2.45) is 0 Å². The molecule has 0 saturated carbocycles. The smallest absolute Gasteiger partial charge is 0.210 e. The largest absolute Gasteiger partial charge is 0.260 e. The van der Waals surface area contributed by atoms with Gasteiger partial charge in [0.15, 0.2) is 16.9 Å². The second kappa shape index (κ2) is 6.59. The summed E-state index contributed by atoms with van der Waals surface area (Å²) in [6.07, 6.45) is 4.65. The maximum atomic E-state index is 2.50. The van der Waals surface area contributed by atoms with Gasteiger partial charge in [-0.05, 0) is 30.7 Å². The first-order valence-electron chi connectivity index (χ1n) is 10.2. The van der Waals surface area contributed by atoms with Crippen LogP contribution < -0.4 is 4.57 Å². The molecule has 0 unspecified atom stereocenters. The first kappa shape index (κ1) is 17.7. The van der Waals surface area contributed by atoms with E-state index in [1.54, 1.807) is 0 Å². The molecule has 142 valence electrons. The highest BCUT2D eigenvalue weighted by Gasteiger charge is 2.47. The quantitative estimate of drug-likeness (QED) is 0.416. The van der Waals surface area contributed by atoms with E-state index < -0.39 is 0 Å². The van der Waals surface area contributed by atoms with Crippen molar-refractivity contribution in [2.75, 3.05) is 0 Å². The van der Waals surface area contributed by atoms with Crippen LogP contribution in [0.25, 0.3) is 11.8 Å². The minimum absolute atomic E-state index is 0.347. The fourth-order valence-corrected chi connectivity index (χ4v) is 4.88. The predicted molar refractivity (Wildman–Crippen MR) is 118 cm³/mol. The average Bonchev–Trinajstić information content (AvgIpc) is 3.28. The standard InChI is InChI=1S/C27H25N2/c1-20-12-10-11-17-25(20)28-21(2)26-18-19-27(29(26)22(28)3,23-13-6-4-7-14-23)24-15-8-5-9-16-24/h4-19H,1-3H3/q+1. The van der Waals surface area contributed by atoms with Crippen LogP contribution in [0.15, 0.2) is 91.0 Å². The van der Waals surface area contributed by atoms with Crippen LogP contribution in [0.4, 0.5) is 0 Å². The summed E-state index contributed by atoms with van der Waals surface area (Å²) in [7, 11) is 0. The molecule has 0 atom stereocenters. The molecule has 3 aromatic carbocycles. The summed E-state index contributed by atoms with van der Waals surface area (Å²) in [6, 6.07) is 30.3. The Bertz CT molecular complexity index is 1170. The van der Waals surface area contributed by atoms with Crippen molar-refractivity contribution in [3.63, 3.8) is 0 Å². The van der Waals surface area contributed by atoms with Gasteiger partial charge < -0.3 is 0 Å². The average molecular weight is 378 g/mol. The molecule has 1 aliphatic rings. The molecule has 4 aromatic rings. The van der Waals surface area contributed by atoms with Crippen LogP contribution in [0, 0.1) is 20.8 Å². The van der Waals surface area contributed by atoms with Crippen molar-refractivity contribution in [1.82, 2.24) is 4.57 Å². The van der Waals surface area contributed by atoms with Crippen LogP contribution in [0.5, 0.6) is 0 Å². The van der Waals surface area contributed by atoms with Crippen LogP contribution in [-0.4, -0.2) is 4.57 Å². The first-order chi connectivity index (χ1) is 14.1. The third kappa shape index (κ3) is 2.45. The molecule has 5 rings (SSSR count). The Morgan fingerprint density at radius 2 is 1.24 bits per heavy atom. The number of allylic oxidation sites excluding steroid dienone is 1. The topological polar surface area (TPSA) is 8.81 Å². The van der Waals surface area contributed by atoms with Crippen molar-refractivity contribution in [3.05, 3.63) is 125 Å². The summed E-state index contributed by atoms with van der Waals surface area (Å²) >= 11 is 0. The van der Waals surface area contributed by atoms with Gasteiger partial charge in [-0.1, -0.05) is 78.9 Å². The molecule has 2 nitrogen and oxygen atoms in total. The van der Waals surface area contributed by atoms with E-state index in [9.17, 15) is 0 Å². The fraction of sp³-hybridized carbons (Fsp3) is 0.148. The zero-order chi connectivity index (χ0) is 20.0. The van der Waals surface area contributed by atoms with E-state index in [4.69, 9.17) is 0 Å².